The molecular formula is C9H13N5S. The van der Waals surface area contributed by atoms with Crippen LogP contribution in [0.4, 0.5) is 11.9 Å². The third-order valence-corrected chi connectivity index (χ3v) is 3.08. The minimum Gasteiger partial charge on any atom is -0.368 e. The fraction of sp³-hybridized carbons (Fsp3) is 0.333. The van der Waals surface area contributed by atoms with Crippen LogP contribution >= 0.6 is 11.3 Å². The molecule has 0 aliphatic rings. The van der Waals surface area contributed by atoms with Gasteiger partial charge in [-0.1, -0.05) is 6.07 Å². The zero-order valence-electron chi connectivity index (χ0n) is 8.47. The van der Waals surface area contributed by atoms with Crippen molar-refractivity contribution in [3.8, 4) is 0 Å². The van der Waals surface area contributed by atoms with Gasteiger partial charge >= 0.3 is 0 Å². The van der Waals surface area contributed by atoms with Crippen LogP contribution in [-0.2, 0) is 13.5 Å². The second kappa shape index (κ2) is 4.31. The summed E-state index contributed by atoms with van der Waals surface area (Å²) in [7, 11) is 1.84. The lowest BCUT2D eigenvalue weighted by molar-refractivity contribution is 0.901. The van der Waals surface area contributed by atoms with Gasteiger partial charge in [-0.15, -0.1) is 21.5 Å². The molecule has 0 atom stereocenters. The lowest BCUT2D eigenvalue weighted by Crippen LogP contribution is -2.09. The fourth-order valence-electron chi connectivity index (χ4n) is 1.25. The van der Waals surface area contributed by atoms with E-state index in [1.165, 1.54) is 4.88 Å². The Kier molecular flexibility index (Phi) is 2.86. The van der Waals surface area contributed by atoms with Crippen LogP contribution in [0.3, 0.4) is 0 Å². The molecule has 3 N–H and O–H groups in total. The monoisotopic (exact) mass is 223 g/mol. The molecule has 80 valence electrons. The van der Waals surface area contributed by atoms with Crippen LogP contribution < -0.4 is 11.1 Å². The Hall–Kier alpha value is -1.56. The van der Waals surface area contributed by atoms with Crippen molar-refractivity contribution in [1.82, 2.24) is 14.8 Å². The van der Waals surface area contributed by atoms with Crippen molar-refractivity contribution in [3.63, 3.8) is 0 Å². The van der Waals surface area contributed by atoms with E-state index in [2.05, 4.69) is 33.0 Å². The van der Waals surface area contributed by atoms with Crippen LogP contribution in [0, 0.1) is 0 Å². The van der Waals surface area contributed by atoms with Gasteiger partial charge in [-0.25, -0.2) is 0 Å². The van der Waals surface area contributed by atoms with E-state index >= 15 is 0 Å². The van der Waals surface area contributed by atoms with Crippen molar-refractivity contribution in [2.45, 2.75) is 6.42 Å². The molecule has 0 radical (unpaired) electrons. The van der Waals surface area contributed by atoms with Crippen molar-refractivity contribution in [2.24, 2.45) is 7.05 Å². The molecule has 0 saturated heterocycles. The summed E-state index contributed by atoms with van der Waals surface area (Å²) in [4.78, 5) is 1.36. The highest BCUT2D eigenvalue weighted by Gasteiger charge is 2.03. The van der Waals surface area contributed by atoms with Crippen LogP contribution in [0.1, 0.15) is 4.88 Å². The summed E-state index contributed by atoms with van der Waals surface area (Å²) >= 11 is 1.76. The number of nitrogens with zero attached hydrogens (tertiary/aromatic N) is 3. The maximum absolute atomic E-state index is 5.56. The third kappa shape index (κ3) is 2.27. The zero-order valence-corrected chi connectivity index (χ0v) is 9.29. The smallest absolute Gasteiger partial charge is 0.225 e. The van der Waals surface area contributed by atoms with E-state index in [0.29, 0.717) is 11.9 Å². The molecule has 0 bridgehead atoms. The van der Waals surface area contributed by atoms with Gasteiger partial charge in [0, 0.05) is 18.5 Å². The first-order valence-corrected chi connectivity index (χ1v) is 5.56. The number of anilines is 2. The van der Waals surface area contributed by atoms with E-state index in [9.17, 15) is 0 Å². The minimum absolute atomic E-state index is 0.425. The number of nitrogen functional groups attached to an aromatic ring is 1. The largest absolute Gasteiger partial charge is 0.368 e. The summed E-state index contributed by atoms with van der Waals surface area (Å²) in [6, 6.07) is 4.18. The molecule has 0 unspecified atom stereocenters. The molecule has 0 aromatic carbocycles. The lowest BCUT2D eigenvalue weighted by atomic mass is 10.3. The van der Waals surface area contributed by atoms with Crippen molar-refractivity contribution in [2.75, 3.05) is 17.6 Å². The van der Waals surface area contributed by atoms with Gasteiger partial charge in [0.05, 0.1) is 0 Å². The molecular weight excluding hydrogens is 210 g/mol. The summed E-state index contributed by atoms with van der Waals surface area (Å²) in [5.74, 6) is 1.14. The highest BCUT2D eigenvalue weighted by molar-refractivity contribution is 7.09. The number of rotatable bonds is 4. The summed E-state index contributed by atoms with van der Waals surface area (Å²) in [5, 5.41) is 12.9. The van der Waals surface area contributed by atoms with Gasteiger partial charge in [0.2, 0.25) is 11.9 Å². The zero-order chi connectivity index (χ0) is 10.7. The Morgan fingerprint density at radius 1 is 1.53 bits per heavy atom. The first kappa shape index (κ1) is 9.97. The quantitative estimate of drug-likeness (QED) is 0.814. The Bertz CT molecular complexity index is 420. The Morgan fingerprint density at radius 2 is 2.40 bits per heavy atom. The van der Waals surface area contributed by atoms with Gasteiger partial charge in [-0.2, -0.15) is 0 Å². The topological polar surface area (TPSA) is 68.8 Å². The van der Waals surface area contributed by atoms with E-state index < -0.39 is 0 Å². The first-order chi connectivity index (χ1) is 7.27. The average Bonchev–Trinajstić information content (AvgIpc) is 2.83. The second-order valence-corrected chi connectivity index (χ2v) is 4.23. The molecule has 2 heterocycles. The molecule has 15 heavy (non-hydrogen) atoms. The Labute approximate surface area is 91.9 Å². The Balaban J connectivity index is 1.86. The summed E-state index contributed by atoms with van der Waals surface area (Å²) in [5.41, 5.74) is 5.56. The molecule has 0 spiro atoms. The lowest BCUT2D eigenvalue weighted by Gasteiger charge is -2.03. The highest BCUT2D eigenvalue weighted by Crippen LogP contribution is 2.10. The first-order valence-electron chi connectivity index (χ1n) is 4.68. The van der Waals surface area contributed by atoms with E-state index in [4.69, 9.17) is 5.73 Å². The molecule has 0 fully saturated rings. The van der Waals surface area contributed by atoms with Gasteiger partial charge < -0.3 is 11.1 Å². The van der Waals surface area contributed by atoms with Crippen molar-refractivity contribution in [1.29, 1.82) is 0 Å². The maximum Gasteiger partial charge on any atom is 0.225 e. The fourth-order valence-corrected chi connectivity index (χ4v) is 1.96. The van der Waals surface area contributed by atoms with Gasteiger partial charge in [-0.05, 0) is 17.9 Å². The molecule has 2 rings (SSSR count). The average molecular weight is 223 g/mol. The number of thiophene rings is 1. The van der Waals surface area contributed by atoms with Gasteiger partial charge in [0.15, 0.2) is 0 Å². The maximum atomic E-state index is 5.56. The van der Waals surface area contributed by atoms with E-state index in [1.54, 1.807) is 15.9 Å². The van der Waals surface area contributed by atoms with E-state index in [-0.39, 0.29) is 0 Å². The second-order valence-electron chi connectivity index (χ2n) is 3.20. The summed E-state index contributed by atoms with van der Waals surface area (Å²) in [6.45, 7) is 0.840. The van der Waals surface area contributed by atoms with Crippen LogP contribution in [0.25, 0.3) is 0 Å². The molecule has 5 nitrogen and oxygen atoms in total. The highest BCUT2D eigenvalue weighted by atomic mass is 32.1. The predicted molar refractivity (Wildman–Crippen MR) is 61.9 cm³/mol. The predicted octanol–water partition coefficient (Wildman–Crippen LogP) is 1.11. The van der Waals surface area contributed by atoms with Crippen LogP contribution in [0.2, 0.25) is 0 Å². The summed E-state index contributed by atoms with van der Waals surface area (Å²) < 4.78 is 1.73. The summed E-state index contributed by atoms with van der Waals surface area (Å²) in [6.07, 6.45) is 0.991. The number of hydrogen-bond acceptors (Lipinski definition) is 5. The number of nitrogens with two attached hydrogens (primary N) is 1. The van der Waals surface area contributed by atoms with Crippen molar-refractivity contribution in [3.05, 3.63) is 22.4 Å². The van der Waals surface area contributed by atoms with E-state index in [0.717, 1.165) is 13.0 Å². The van der Waals surface area contributed by atoms with Crippen molar-refractivity contribution < 1.29 is 0 Å². The molecule has 2 aromatic rings. The van der Waals surface area contributed by atoms with Gasteiger partial charge in [0.1, 0.15) is 0 Å². The molecule has 0 aliphatic carbocycles. The number of nitrogens with one attached hydrogen (secondary N) is 1. The number of aromatic nitrogens is 3. The molecule has 0 aliphatic heterocycles. The molecule has 0 amide bonds. The number of hydrogen-bond donors (Lipinski definition) is 2. The van der Waals surface area contributed by atoms with Crippen LogP contribution in [0.15, 0.2) is 17.5 Å². The normalized spacial score (nSPS) is 10.5. The Morgan fingerprint density at radius 3 is 3.00 bits per heavy atom. The van der Waals surface area contributed by atoms with E-state index in [1.807, 2.05) is 7.05 Å². The van der Waals surface area contributed by atoms with Gasteiger partial charge in [0.25, 0.3) is 0 Å². The third-order valence-electron chi connectivity index (χ3n) is 2.14. The molecule has 2 aromatic heterocycles. The van der Waals surface area contributed by atoms with Crippen LogP contribution in [-0.4, -0.2) is 21.3 Å². The SMILES string of the molecule is Cn1c(N)nnc1NCCc1cccs1. The molecule has 6 heteroatoms. The minimum atomic E-state index is 0.425. The van der Waals surface area contributed by atoms with Gasteiger partial charge in [-0.3, -0.25) is 4.57 Å². The molecule has 0 saturated carbocycles. The van der Waals surface area contributed by atoms with Crippen LogP contribution in [0.5, 0.6) is 0 Å². The van der Waals surface area contributed by atoms with Crippen molar-refractivity contribution >= 4 is 23.2 Å². The standard InChI is InChI=1S/C9H13N5S/c1-14-8(10)12-13-9(14)11-5-4-7-3-2-6-15-7/h2-3,6H,4-5H2,1H3,(H2,10,12)(H,11,13).